The van der Waals surface area contributed by atoms with E-state index in [4.69, 9.17) is 35.0 Å². The summed E-state index contributed by atoms with van der Waals surface area (Å²) in [7, 11) is -2.21. The Morgan fingerprint density at radius 2 is 1.54 bits per heavy atom. The molecule has 0 radical (unpaired) electrons. The second-order valence-electron chi connectivity index (χ2n) is 9.78. The van der Waals surface area contributed by atoms with Gasteiger partial charge in [0.1, 0.15) is 17.4 Å². The van der Waals surface area contributed by atoms with Gasteiger partial charge in [-0.2, -0.15) is 0 Å². The van der Waals surface area contributed by atoms with Gasteiger partial charge in [0.25, 0.3) is 0 Å². The van der Waals surface area contributed by atoms with Crippen molar-refractivity contribution in [2.75, 3.05) is 12.5 Å². The quantitative estimate of drug-likeness (QED) is 0.191. The molecule has 0 bridgehead atoms. The highest BCUT2D eigenvalue weighted by atomic mass is 35.5. The van der Waals surface area contributed by atoms with E-state index in [0.717, 1.165) is 4.90 Å². The topological polar surface area (TPSA) is 97.4 Å². The van der Waals surface area contributed by atoms with Crippen molar-refractivity contribution >= 4 is 49.6 Å². The SMILES string of the molecule is CC(=O)O[C@@H]1[C@@H](OC(C)=O)[C@H](Sc2ccccc2)O[C@H](CO[Si](C)(C)C(C)(C)C)[C@H]1OC(=O)CCl. The summed E-state index contributed by atoms with van der Waals surface area (Å²) >= 11 is 7.01. The first kappa shape index (κ1) is 29.6. The molecule has 0 spiro atoms. The number of benzene rings is 1. The Kier molecular flexibility index (Phi) is 10.7. The van der Waals surface area contributed by atoms with E-state index >= 15 is 0 Å². The minimum Gasteiger partial charge on any atom is -0.455 e. The largest absolute Gasteiger partial charge is 0.455 e. The monoisotopic (exact) mass is 546 g/mol. The van der Waals surface area contributed by atoms with Crippen LogP contribution in [0.1, 0.15) is 34.6 Å². The van der Waals surface area contributed by atoms with Gasteiger partial charge in [-0.1, -0.05) is 50.7 Å². The standard InChI is InChI=1S/C24H35ClO8SSi/c1-15(26)30-21-20(33-19(28)13-25)18(14-29-35(6,7)24(3,4)5)32-23(22(21)31-16(2)27)34-17-11-9-8-10-12-17/h8-12,18,20-23H,13-14H2,1-7H3/t18-,20-,21+,22-,23+/m1/s1. The average molecular weight is 547 g/mol. The van der Waals surface area contributed by atoms with E-state index in [1.165, 1.54) is 25.6 Å². The van der Waals surface area contributed by atoms with E-state index in [1.807, 2.05) is 30.3 Å². The van der Waals surface area contributed by atoms with Crippen LogP contribution in [0.3, 0.4) is 0 Å². The Morgan fingerprint density at radius 1 is 0.971 bits per heavy atom. The lowest BCUT2D eigenvalue weighted by Crippen LogP contribution is -2.62. The molecule has 0 saturated carbocycles. The highest BCUT2D eigenvalue weighted by molar-refractivity contribution is 7.99. The summed E-state index contributed by atoms with van der Waals surface area (Å²) in [5.41, 5.74) is -0.760. The average Bonchev–Trinajstić information content (AvgIpc) is 2.75. The molecule has 1 heterocycles. The molecule has 11 heteroatoms. The van der Waals surface area contributed by atoms with Gasteiger partial charge in [-0.25, -0.2) is 0 Å². The summed E-state index contributed by atoms with van der Waals surface area (Å²) < 4.78 is 29.5. The van der Waals surface area contributed by atoms with Crippen molar-refractivity contribution in [2.24, 2.45) is 0 Å². The second-order valence-corrected chi connectivity index (χ2v) is 16.0. The van der Waals surface area contributed by atoms with Crippen LogP contribution in [-0.2, 0) is 37.8 Å². The minimum absolute atomic E-state index is 0.0717. The maximum Gasteiger partial charge on any atom is 0.321 e. The van der Waals surface area contributed by atoms with Crippen molar-refractivity contribution in [3.8, 4) is 0 Å². The van der Waals surface area contributed by atoms with Gasteiger partial charge in [0, 0.05) is 18.7 Å². The van der Waals surface area contributed by atoms with E-state index in [9.17, 15) is 14.4 Å². The zero-order chi connectivity index (χ0) is 26.4. The van der Waals surface area contributed by atoms with E-state index in [1.54, 1.807) is 0 Å². The number of carbonyl (C=O) groups is 3. The summed E-state index contributed by atoms with van der Waals surface area (Å²) in [6.07, 6.45) is -4.05. The van der Waals surface area contributed by atoms with Gasteiger partial charge in [-0.15, -0.1) is 11.6 Å². The molecule has 1 fully saturated rings. The van der Waals surface area contributed by atoms with Crippen LogP contribution >= 0.6 is 23.4 Å². The Hall–Kier alpha value is -1.59. The van der Waals surface area contributed by atoms with Crippen molar-refractivity contribution < 1.29 is 37.8 Å². The highest BCUT2D eigenvalue weighted by Gasteiger charge is 2.53. The fourth-order valence-corrected chi connectivity index (χ4v) is 5.42. The number of alkyl halides is 1. The molecule has 5 atom stereocenters. The van der Waals surface area contributed by atoms with Gasteiger partial charge in [-0.05, 0) is 30.3 Å². The third-order valence-corrected chi connectivity index (χ3v) is 11.9. The lowest BCUT2D eigenvalue weighted by Gasteiger charge is -2.45. The zero-order valence-corrected chi connectivity index (χ0v) is 23.8. The number of ether oxygens (including phenoxy) is 4. The van der Waals surface area contributed by atoms with Crippen molar-refractivity contribution in [1.82, 2.24) is 0 Å². The second kappa shape index (κ2) is 12.6. The Balaban J connectivity index is 2.47. The molecule has 1 aromatic carbocycles. The molecule has 0 unspecified atom stereocenters. The lowest BCUT2D eigenvalue weighted by atomic mass is 9.99. The molecule has 1 aliphatic rings. The van der Waals surface area contributed by atoms with Gasteiger partial charge in [0.05, 0.1) is 6.61 Å². The van der Waals surface area contributed by atoms with Crippen molar-refractivity contribution in [3.05, 3.63) is 30.3 Å². The van der Waals surface area contributed by atoms with Gasteiger partial charge in [-0.3, -0.25) is 14.4 Å². The molecule has 1 aliphatic heterocycles. The maximum atomic E-state index is 12.2. The van der Waals surface area contributed by atoms with Gasteiger partial charge < -0.3 is 23.4 Å². The van der Waals surface area contributed by atoms with Crippen LogP contribution in [0.25, 0.3) is 0 Å². The normalized spacial score (nSPS) is 25.0. The summed E-state index contributed by atoms with van der Waals surface area (Å²) in [4.78, 5) is 37.1. The maximum absolute atomic E-state index is 12.2. The van der Waals surface area contributed by atoms with Gasteiger partial charge in [0.15, 0.2) is 26.6 Å². The molecule has 1 saturated heterocycles. The minimum atomic E-state index is -2.21. The summed E-state index contributed by atoms with van der Waals surface area (Å²) in [6.45, 7) is 13.1. The molecular formula is C24H35ClO8SSi. The molecule has 2 rings (SSSR count). The first-order valence-corrected chi connectivity index (χ1v) is 15.7. The molecule has 0 aromatic heterocycles. The number of esters is 3. The van der Waals surface area contributed by atoms with Crippen molar-refractivity contribution in [3.63, 3.8) is 0 Å². The summed E-state index contributed by atoms with van der Waals surface area (Å²) in [5, 5.41) is -0.0717. The predicted molar refractivity (Wildman–Crippen MR) is 136 cm³/mol. The van der Waals surface area contributed by atoms with Crippen LogP contribution in [0.2, 0.25) is 18.1 Å². The molecule has 0 amide bonds. The molecule has 0 N–H and O–H groups in total. The third-order valence-electron chi connectivity index (χ3n) is 5.98. The molecule has 8 nitrogen and oxygen atoms in total. The number of hydrogen-bond donors (Lipinski definition) is 0. The van der Waals surface area contributed by atoms with E-state index in [-0.39, 0.29) is 11.6 Å². The van der Waals surface area contributed by atoms with Crippen LogP contribution < -0.4 is 0 Å². The smallest absolute Gasteiger partial charge is 0.321 e. The third kappa shape index (κ3) is 8.49. The Labute approximate surface area is 217 Å². The first-order chi connectivity index (χ1) is 16.2. The zero-order valence-electron chi connectivity index (χ0n) is 21.2. The number of hydrogen-bond acceptors (Lipinski definition) is 9. The van der Waals surface area contributed by atoms with Crippen LogP contribution in [0.5, 0.6) is 0 Å². The molecule has 0 aliphatic carbocycles. The van der Waals surface area contributed by atoms with Crippen LogP contribution in [0.4, 0.5) is 0 Å². The number of carbonyl (C=O) groups excluding carboxylic acids is 3. The number of thioether (sulfide) groups is 1. The first-order valence-electron chi connectivity index (χ1n) is 11.4. The Morgan fingerprint density at radius 3 is 2.06 bits per heavy atom. The highest BCUT2D eigenvalue weighted by Crippen LogP contribution is 2.40. The molecular weight excluding hydrogens is 512 g/mol. The summed E-state index contributed by atoms with van der Waals surface area (Å²) in [5.74, 6) is -2.33. The van der Waals surface area contributed by atoms with E-state index < -0.39 is 62.0 Å². The number of halogens is 1. The fourth-order valence-electron chi connectivity index (χ4n) is 3.22. The van der Waals surface area contributed by atoms with Crippen molar-refractivity contribution in [1.29, 1.82) is 0 Å². The molecule has 35 heavy (non-hydrogen) atoms. The van der Waals surface area contributed by atoms with E-state index in [2.05, 4.69) is 33.9 Å². The van der Waals surface area contributed by atoms with Crippen LogP contribution in [0, 0.1) is 0 Å². The predicted octanol–water partition coefficient (Wildman–Crippen LogP) is 4.54. The lowest BCUT2D eigenvalue weighted by molar-refractivity contribution is -0.235. The van der Waals surface area contributed by atoms with E-state index in [0.29, 0.717) is 0 Å². The Bertz CT molecular complexity index is 876. The van der Waals surface area contributed by atoms with Crippen LogP contribution in [-0.4, -0.2) is 68.6 Å². The van der Waals surface area contributed by atoms with Gasteiger partial charge in [0.2, 0.25) is 0 Å². The summed E-state index contributed by atoms with van der Waals surface area (Å²) in [6, 6.07) is 9.41. The van der Waals surface area contributed by atoms with Crippen LogP contribution in [0.15, 0.2) is 35.2 Å². The molecule has 196 valence electrons. The van der Waals surface area contributed by atoms with Gasteiger partial charge >= 0.3 is 17.9 Å². The van der Waals surface area contributed by atoms with Crippen molar-refractivity contribution in [2.45, 2.75) is 87.5 Å². The molecule has 1 aromatic rings. The number of rotatable bonds is 9. The fraction of sp³-hybridized carbons (Fsp3) is 0.625.